The Labute approximate surface area is 200 Å². The van der Waals surface area contributed by atoms with Gasteiger partial charge in [0.15, 0.2) is 0 Å². The quantitative estimate of drug-likeness (QED) is 0.475. The summed E-state index contributed by atoms with van der Waals surface area (Å²) in [6.45, 7) is 4.94. The summed E-state index contributed by atoms with van der Waals surface area (Å²) < 4.78 is 33.3. The first-order valence-corrected chi connectivity index (χ1v) is 12.9. The van der Waals surface area contributed by atoms with Crippen LogP contribution in [0.4, 0.5) is 11.4 Å². The number of carbonyl (C=O) groups excluding carboxylic acids is 1. The lowest BCUT2D eigenvalue weighted by Crippen LogP contribution is -2.23. The van der Waals surface area contributed by atoms with Crippen LogP contribution in [0.2, 0.25) is 0 Å². The Bertz CT molecular complexity index is 1220. The minimum absolute atomic E-state index is 0.114. The van der Waals surface area contributed by atoms with Gasteiger partial charge in [-0.15, -0.1) is 0 Å². The number of ether oxygens (including phenoxy) is 1. The van der Waals surface area contributed by atoms with Crippen molar-refractivity contribution in [3.63, 3.8) is 0 Å². The van der Waals surface area contributed by atoms with E-state index in [1.54, 1.807) is 30.3 Å². The molecule has 1 aliphatic rings. The zero-order valence-electron chi connectivity index (χ0n) is 19.2. The van der Waals surface area contributed by atoms with E-state index in [2.05, 4.69) is 27.1 Å². The van der Waals surface area contributed by atoms with Crippen LogP contribution in [0.5, 0.6) is 5.75 Å². The molecule has 34 heavy (non-hydrogen) atoms. The highest BCUT2D eigenvalue weighted by Crippen LogP contribution is 2.22. The van der Waals surface area contributed by atoms with E-state index in [1.807, 2.05) is 19.1 Å². The Morgan fingerprint density at radius 3 is 2.35 bits per heavy atom. The van der Waals surface area contributed by atoms with Crippen molar-refractivity contribution < 1.29 is 17.9 Å². The molecule has 0 radical (unpaired) electrons. The van der Waals surface area contributed by atoms with Crippen LogP contribution < -0.4 is 19.7 Å². The topological polar surface area (TPSA) is 87.7 Å². The summed E-state index contributed by atoms with van der Waals surface area (Å²) in [6.07, 6.45) is 2.46. The second-order valence-electron chi connectivity index (χ2n) is 8.13. The number of hydrogen-bond donors (Lipinski definition) is 2. The van der Waals surface area contributed by atoms with Gasteiger partial charge in [-0.3, -0.25) is 9.52 Å². The molecule has 3 aromatic carbocycles. The van der Waals surface area contributed by atoms with Crippen molar-refractivity contribution in [1.82, 2.24) is 5.32 Å². The van der Waals surface area contributed by atoms with E-state index in [4.69, 9.17) is 4.74 Å². The number of rotatable bonds is 9. The molecule has 0 aromatic heterocycles. The first-order valence-electron chi connectivity index (χ1n) is 11.4. The van der Waals surface area contributed by atoms with Gasteiger partial charge in [0.2, 0.25) is 0 Å². The van der Waals surface area contributed by atoms with Crippen molar-refractivity contribution in [2.24, 2.45) is 0 Å². The molecule has 8 heteroatoms. The molecule has 1 fully saturated rings. The number of amides is 1. The largest absolute Gasteiger partial charge is 0.494 e. The van der Waals surface area contributed by atoms with Gasteiger partial charge in [-0.05, 0) is 79.9 Å². The van der Waals surface area contributed by atoms with Gasteiger partial charge in [0.25, 0.3) is 15.9 Å². The van der Waals surface area contributed by atoms with Crippen LogP contribution in [0, 0.1) is 0 Å². The SMILES string of the molecule is CCOc1ccc(S(=O)(=O)Nc2cccc(C(=O)NCc3ccc(N4CCCC4)cc3)c2)cc1. The summed E-state index contributed by atoms with van der Waals surface area (Å²) in [6, 6.07) is 20.8. The third-order valence-corrected chi connectivity index (χ3v) is 7.08. The molecule has 7 nitrogen and oxygen atoms in total. The molecule has 0 bridgehead atoms. The minimum atomic E-state index is -3.80. The maximum absolute atomic E-state index is 12.7. The molecule has 1 amide bonds. The summed E-state index contributed by atoms with van der Waals surface area (Å²) in [4.78, 5) is 15.1. The maximum Gasteiger partial charge on any atom is 0.261 e. The van der Waals surface area contributed by atoms with Gasteiger partial charge < -0.3 is 15.0 Å². The van der Waals surface area contributed by atoms with Crippen molar-refractivity contribution in [3.8, 4) is 5.75 Å². The standard InChI is InChI=1S/C26H29N3O4S/c1-2-33-24-12-14-25(15-13-24)34(31,32)28-22-7-5-6-21(18-22)26(30)27-19-20-8-10-23(11-9-20)29-16-3-4-17-29/h5-15,18,28H,2-4,16-17,19H2,1H3,(H,27,30). The molecule has 4 rings (SSSR count). The molecule has 0 unspecified atom stereocenters. The van der Waals surface area contributed by atoms with Gasteiger partial charge >= 0.3 is 0 Å². The zero-order chi connectivity index (χ0) is 24.0. The number of anilines is 2. The highest BCUT2D eigenvalue weighted by molar-refractivity contribution is 7.92. The van der Waals surface area contributed by atoms with Crippen LogP contribution in [0.3, 0.4) is 0 Å². The van der Waals surface area contributed by atoms with Gasteiger partial charge in [0, 0.05) is 36.6 Å². The molecule has 1 aliphatic heterocycles. The number of carbonyl (C=O) groups is 1. The Kier molecular flexibility index (Phi) is 7.37. The smallest absolute Gasteiger partial charge is 0.261 e. The number of nitrogens with one attached hydrogen (secondary N) is 2. The molecule has 2 N–H and O–H groups in total. The van der Waals surface area contributed by atoms with E-state index in [1.165, 1.54) is 36.7 Å². The summed E-state index contributed by atoms with van der Waals surface area (Å²) in [5.74, 6) is 0.330. The van der Waals surface area contributed by atoms with Crippen LogP contribution in [0.1, 0.15) is 35.7 Å². The first kappa shape index (κ1) is 23.6. The average molecular weight is 480 g/mol. The van der Waals surface area contributed by atoms with E-state index in [0.29, 0.717) is 30.2 Å². The van der Waals surface area contributed by atoms with Crippen molar-refractivity contribution in [1.29, 1.82) is 0 Å². The second-order valence-corrected chi connectivity index (χ2v) is 9.82. The van der Waals surface area contributed by atoms with E-state index in [-0.39, 0.29) is 10.8 Å². The van der Waals surface area contributed by atoms with Gasteiger partial charge in [0.05, 0.1) is 11.5 Å². The average Bonchev–Trinajstić information content (AvgIpc) is 3.38. The monoisotopic (exact) mass is 479 g/mol. The predicted octanol–water partition coefficient (Wildman–Crippen LogP) is 4.42. The summed E-state index contributed by atoms with van der Waals surface area (Å²) in [5.41, 5.74) is 2.90. The Hall–Kier alpha value is -3.52. The summed E-state index contributed by atoms with van der Waals surface area (Å²) in [7, 11) is -3.80. The first-order chi connectivity index (χ1) is 16.4. The fraction of sp³-hybridized carbons (Fsp3) is 0.269. The normalized spacial score (nSPS) is 13.5. The van der Waals surface area contributed by atoms with Crippen molar-refractivity contribution in [2.45, 2.75) is 31.2 Å². The predicted molar refractivity (Wildman–Crippen MR) is 134 cm³/mol. The molecule has 1 heterocycles. The van der Waals surface area contributed by atoms with Crippen LogP contribution in [-0.2, 0) is 16.6 Å². The van der Waals surface area contributed by atoms with Crippen molar-refractivity contribution >= 4 is 27.3 Å². The van der Waals surface area contributed by atoms with Crippen molar-refractivity contribution in [3.05, 3.63) is 83.9 Å². The minimum Gasteiger partial charge on any atom is -0.494 e. The fourth-order valence-electron chi connectivity index (χ4n) is 3.90. The molecule has 0 spiro atoms. The number of benzene rings is 3. The Balaban J connectivity index is 1.37. The maximum atomic E-state index is 12.7. The molecule has 3 aromatic rings. The highest BCUT2D eigenvalue weighted by atomic mass is 32.2. The third kappa shape index (κ3) is 5.88. The second kappa shape index (κ2) is 10.6. The van der Waals surface area contributed by atoms with Gasteiger partial charge in [-0.1, -0.05) is 18.2 Å². The fourth-order valence-corrected chi connectivity index (χ4v) is 4.95. The lowest BCUT2D eigenvalue weighted by Gasteiger charge is -2.17. The highest BCUT2D eigenvalue weighted by Gasteiger charge is 2.16. The van der Waals surface area contributed by atoms with Gasteiger partial charge in [-0.25, -0.2) is 8.42 Å². The molecule has 1 saturated heterocycles. The lowest BCUT2D eigenvalue weighted by molar-refractivity contribution is 0.0951. The van der Waals surface area contributed by atoms with E-state index in [0.717, 1.165) is 18.7 Å². The molecule has 178 valence electrons. The summed E-state index contributed by atoms with van der Waals surface area (Å²) >= 11 is 0. The van der Waals surface area contributed by atoms with Crippen LogP contribution in [-0.4, -0.2) is 34.0 Å². The third-order valence-electron chi connectivity index (χ3n) is 5.68. The number of hydrogen-bond acceptors (Lipinski definition) is 5. The molecular weight excluding hydrogens is 450 g/mol. The van der Waals surface area contributed by atoms with E-state index >= 15 is 0 Å². The zero-order valence-corrected chi connectivity index (χ0v) is 20.0. The van der Waals surface area contributed by atoms with Crippen molar-refractivity contribution in [2.75, 3.05) is 29.3 Å². The number of nitrogens with zero attached hydrogens (tertiary/aromatic N) is 1. The molecule has 0 aliphatic carbocycles. The van der Waals surface area contributed by atoms with E-state index in [9.17, 15) is 13.2 Å². The van der Waals surface area contributed by atoms with Crippen LogP contribution in [0.25, 0.3) is 0 Å². The summed E-state index contributed by atoms with van der Waals surface area (Å²) in [5, 5.41) is 2.90. The van der Waals surface area contributed by atoms with Crippen LogP contribution >= 0.6 is 0 Å². The Morgan fingerprint density at radius 2 is 1.68 bits per heavy atom. The Morgan fingerprint density at radius 1 is 0.971 bits per heavy atom. The number of sulfonamides is 1. The van der Waals surface area contributed by atoms with Crippen LogP contribution in [0.15, 0.2) is 77.7 Å². The molecule has 0 saturated carbocycles. The molecule has 0 atom stereocenters. The molecular formula is C26H29N3O4S. The van der Waals surface area contributed by atoms with Gasteiger partial charge in [0.1, 0.15) is 5.75 Å². The lowest BCUT2D eigenvalue weighted by atomic mass is 10.1. The van der Waals surface area contributed by atoms with Gasteiger partial charge in [-0.2, -0.15) is 0 Å². The van der Waals surface area contributed by atoms with E-state index < -0.39 is 10.0 Å².